The molecule has 0 aliphatic heterocycles. The Kier molecular flexibility index (Phi) is 5.38. The summed E-state index contributed by atoms with van der Waals surface area (Å²) in [5.74, 6) is -0.584. The highest BCUT2D eigenvalue weighted by Crippen LogP contribution is 2.33. The molecule has 1 amide bonds. The largest absolute Gasteiger partial charge is 0.418 e. The minimum Gasteiger partial charge on any atom is -0.398 e. The second-order valence-electron chi connectivity index (χ2n) is 4.33. The molecule has 0 radical (unpaired) electrons. The van der Waals surface area contributed by atoms with E-state index < -0.39 is 23.3 Å². The van der Waals surface area contributed by atoms with Crippen molar-refractivity contribution in [2.45, 2.75) is 25.6 Å². The average Bonchev–Trinajstić information content (AvgIpc) is 2.37. The summed E-state index contributed by atoms with van der Waals surface area (Å²) in [5, 5.41) is 2.61. The number of hydrogen-bond donors (Lipinski definition) is 2. The van der Waals surface area contributed by atoms with E-state index in [1.807, 2.05) is 6.92 Å². The lowest BCUT2D eigenvalue weighted by molar-refractivity contribution is -0.136. The van der Waals surface area contributed by atoms with Crippen LogP contribution in [0.15, 0.2) is 18.2 Å². The van der Waals surface area contributed by atoms with Crippen molar-refractivity contribution >= 4 is 11.6 Å². The number of hydrogen-bond acceptors (Lipinski definition) is 3. The Bertz CT molecular complexity index is 475. The Balaban J connectivity index is 2.94. The number of benzene rings is 1. The van der Waals surface area contributed by atoms with Crippen LogP contribution in [0.5, 0.6) is 0 Å². The summed E-state index contributed by atoms with van der Waals surface area (Å²) in [6, 6.07) is 2.85. The molecule has 20 heavy (non-hydrogen) atoms. The highest BCUT2D eigenvalue weighted by Gasteiger charge is 2.33. The minimum atomic E-state index is -4.59. The first-order chi connectivity index (χ1) is 9.29. The average molecular weight is 290 g/mol. The Morgan fingerprint density at radius 2 is 2.10 bits per heavy atom. The molecular weight excluding hydrogens is 273 g/mol. The lowest BCUT2D eigenvalue weighted by Crippen LogP contribution is -2.37. The van der Waals surface area contributed by atoms with E-state index in [-0.39, 0.29) is 11.6 Å². The number of carbonyl (C=O) groups excluding carboxylic acids is 1. The predicted octanol–water partition coefficient (Wildman–Crippen LogP) is 2.44. The van der Waals surface area contributed by atoms with Crippen LogP contribution in [0, 0.1) is 0 Å². The number of anilines is 1. The van der Waals surface area contributed by atoms with Gasteiger partial charge >= 0.3 is 6.18 Å². The summed E-state index contributed by atoms with van der Waals surface area (Å²) in [6.07, 6.45) is -3.97. The molecule has 7 heteroatoms. The zero-order chi connectivity index (χ0) is 15.3. The van der Waals surface area contributed by atoms with E-state index in [0.717, 1.165) is 12.1 Å². The molecule has 1 aromatic carbocycles. The summed E-state index contributed by atoms with van der Waals surface area (Å²) < 4.78 is 43.0. The van der Waals surface area contributed by atoms with Crippen LogP contribution in [-0.4, -0.2) is 25.7 Å². The first-order valence-corrected chi connectivity index (χ1v) is 6.06. The molecule has 0 bridgehead atoms. The number of nitrogens with two attached hydrogens (primary N) is 1. The summed E-state index contributed by atoms with van der Waals surface area (Å²) in [7, 11) is 1.49. The number of ether oxygens (including phenoxy) is 1. The second kappa shape index (κ2) is 6.60. The van der Waals surface area contributed by atoms with Crippen molar-refractivity contribution in [3.05, 3.63) is 29.3 Å². The molecule has 0 saturated heterocycles. The van der Waals surface area contributed by atoms with Crippen LogP contribution in [0.3, 0.4) is 0 Å². The van der Waals surface area contributed by atoms with E-state index in [1.165, 1.54) is 13.2 Å². The summed E-state index contributed by atoms with van der Waals surface area (Å²) in [6.45, 7) is 2.14. The zero-order valence-corrected chi connectivity index (χ0v) is 11.3. The molecule has 3 N–H and O–H groups in total. The molecule has 0 aromatic heterocycles. The first-order valence-electron chi connectivity index (χ1n) is 6.06. The zero-order valence-electron chi connectivity index (χ0n) is 11.3. The summed E-state index contributed by atoms with van der Waals surface area (Å²) in [4.78, 5) is 11.9. The topological polar surface area (TPSA) is 64.3 Å². The van der Waals surface area contributed by atoms with Crippen LogP contribution in [-0.2, 0) is 10.9 Å². The van der Waals surface area contributed by atoms with Gasteiger partial charge in [-0.1, -0.05) is 6.92 Å². The summed E-state index contributed by atoms with van der Waals surface area (Å²) in [5.41, 5.74) is 3.78. The molecule has 0 aliphatic rings. The van der Waals surface area contributed by atoms with Gasteiger partial charge in [0.15, 0.2) is 0 Å². The quantitative estimate of drug-likeness (QED) is 0.819. The SMILES string of the molecule is CCC(COC)NC(=O)c1ccc(N)c(C(F)(F)F)c1. The fraction of sp³-hybridized carbons (Fsp3) is 0.462. The van der Waals surface area contributed by atoms with Gasteiger partial charge in [-0.2, -0.15) is 13.2 Å². The highest BCUT2D eigenvalue weighted by molar-refractivity contribution is 5.95. The van der Waals surface area contributed by atoms with Crippen molar-refractivity contribution in [3.8, 4) is 0 Å². The monoisotopic (exact) mass is 290 g/mol. The van der Waals surface area contributed by atoms with Crippen molar-refractivity contribution in [2.24, 2.45) is 0 Å². The Morgan fingerprint density at radius 3 is 2.60 bits per heavy atom. The molecule has 1 atom stereocenters. The van der Waals surface area contributed by atoms with Gasteiger partial charge in [0.2, 0.25) is 0 Å². The number of halogens is 3. The van der Waals surface area contributed by atoms with Gasteiger partial charge in [0.25, 0.3) is 5.91 Å². The maximum absolute atomic E-state index is 12.7. The Labute approximate surface area is 115 Å². The van der Waals surface area contributed by atoms with Crippen LogP contribution < -0.4 is 11.1 Å². The lowest BCUT2D eigenvalue weighted by Gasteiger charge is -2.17. The van der Waals surface area contributed by atoms with E-state index in [1.54, 1.807) is 0 Å². The van der Waals surface area contributed by atoms with Crippen molar-refractivity contribution < 1.29 is 22.7 Å². The molecular formula is C13H17F3N2O2. The van der Waals surface area contributed by atoms with Crippen LogP contribution in [0.25, 0.3) is 0 Å². The summed E-state index contributed by atoms with van der Waals surface area (Å²) >= 11 is 0. The Hall–Kier alpha value is -1.76. The van der Waals surface area contributed by atoms with E-state index in [2.05, 4.69) is 5.32 Å². The van der Waals surface area contributed by atoms with Crippen molar-refractivity contribution in [1.29, 1.82) is 0 Å². The highest BCUT2D eigenvalue weighted by atomic mass is 19.4. The van der Waals surface area contributed by atoms with Gasteiger partial charge < -0.3 is 15.8 Å². The predicted molar refractivity (Wildman–Crippen MR) is 69.3 cm³/mol. The van der Waals surface area contributed by atoms with Crippen molar-refractivity contribution in [3.63, 3.8) is 0 Å². The first kappa shape index (κ1) is 16.3. The molecule has 4 nitrogen and oxygen atoms in total. The maximum atomic E-state index is 12.7. The molecule has 0 fully saturated rings. The van der Waals surface area contributed by atoms with Gasteiger partial charge in [-0.15, -0.1) is 0 Å². The maximum Gasteiger partial charge on any atom is 0.418 e. The number of amides is 1. The van der Waals surface area contributed by atoms with Crippen LogP contribution in [0.2, 0.25) is 0 Å². The number of methoxy groups -OCH3 is 1. The number of nitrogen functional groups attached to an aromatic ring is 1. The molecule has 1 aromatic rings. The third-order valence-corrected chi connectivity index (χ3v) is 2.82. The normalized spacial score (nSPS) is 13.1. The van der Waals surface area contributed by atoms with Gasteiger partial charge in [0, 0.05) is 18.4 Å². The molecule has 112 valence electrons. The van der Waals surface area contributed by atoms with Crippen molar-refractivity contribution in [2.75, 3.05) is 19.5 Å². The standard InChI is InChI=1S/C13H17F3N2O2/c1-3-9(7-20-2)18-12(19)8-4-5-11(17)10(6-8)13(14,15)16/h4-6,9H,3,7,17H2,1-2H3,(H,18,19). The smallest absolute Gasteiger partial charge is 0.398 e. The van der Waals surface area contributed by atoms with Crippen LogP contribution >= 0.6 is 0 Å². The third kappa shape index (κ3) is 4.12. The third-order valence-electron chi connectivity index (χ3n) is 2.82. The molecule has 0 heterocycles. The van der Waals surface area contributed by atoms with Gasteiger partial charge in [-0.05, 0) is 24.6 Å². The molecule has 1 rings (SSSR count). The van der Waals surface area contributed by atoms with Gasteiger partial charge in [0.1, 0.15) is 0 Å². The van der Waals surface area contributed by atoms with E-state index >= 15 is 0 Å². The van der Waals surface area contributed by atoms with Crippen molar-refractivity contribution in [1.82, 2.24) is 5.32 Å². The minimum absolute atomic E-state index is 0.0823. The van der Waals surface area contributed by atoms with Gasteiger partial charge in [-0.3, -0.25) is 4.79 Å². The van der Waals surface area contributed by atoms with E-state index in [0.29, 0.717) is 13.0 Å². The van der Waals surface area contributed by atoms with Crippen LogP contribution in [0.1, 0.15) is 29.3 Å². The molecule has 1 unspecified atom stereocenters. The molecule has 0 spiro atoms. The molecule has 0 saturated carbocycles. The second-order valence-corrected chi connectivity index (χ2v) is 4.33. The fourth-order valence-corrected chi connectivity index (χ4v) is 1.67. The number of rotatable bonds is 5. The van der Waals surface area contributed by atoms with E-state index in [9.17, 15) is 18.0 Å². The van der Waals surface area contributed by atoms with Gasteiger partial charge in [-0.25, -0.2) is 0 Å². The van der Waals surface area contributed by atoms with Crippen LogP contribution in [0.4, 0.5) is 18.9 Å². The van der Waals surface area contributed by atoms with E-state index in [4.69, 9.17) is 10.5 Å². The number of carbonyl (C=O) groups is 1. The number of nitrogens with one attached hydrogen (secondary N) is 1. The van der Waals surface area contributed by atoms with Gasteiger partial charge in [0.05, 0.1) is 18.2 Å². The Morgan fingerprint density at radius 1 is 1.45 bits per heavy atom. The number of alkyl halides is 3. The fourth-order valence-electron chi connectivity index (χ4n) is 1.67. The lowest BCUT2D eigenvalue weighted by atomic mass is 10.1. The molecule has 0 aliphatic carbocycles.